The average Bonchev–Trinajstić information content (AvgIpc) is 2.38. The number of carbonyl (C=O) groups is 2. The first kappa shape index (κ1) is 13.5. The summed E-state index contributed by atoms with van der Waals surface area (Å²) in [6, 6.07) is 3.74. The number of hydrogen-bond acceptors (Lipinski definition) is 2. The monoisotopic (exact) mass is 265 g/mol. The highest BCUT2D eigenvalue weighted by Crippen LogP contribution is 2.36. The summed E-state index contributed by atoms with van der Waals surface area (Å²) >= 11 is 0. The van der Waals surface area contributed by atoms with E-state index >= 15 is 0 Å². The van der Waals surface area contributed by atoms with Gasteiger partial charge in [0.15, 0.2) is 0 Å². The molecule has 0 unspecified atom stereocenters. The summed E-state index contributed by atoms with van der Waals surface area (Å²) in [4.78, 5) is 23.8. The summed E-state index contributed by atoms with van der Waals surface area (Å²) in [6.07, 6.45) is 1.10. The number of benzene rings is 1. The number of amides is 1. The summed E-state index contributed by atoms with van der Waals surface area (Å²) in [5.74, 6) is -0.726. The number of aryl methyl sites for hydroxylation is 1. The zero-order valence-electron chi connectivity index (χ0n) is 10.7. The van der Waals surface area contributed by atoms with Crippen LogP contribution in [0.5, 0.6) is 0 Å². The number of hydrogen-bond donors (Lipinski definition) is 1. The van der Waals surface area contributed by atoms with E-state index in [4.69, 9.17) is 0 Å². The van der Waals surface area contributed by atoms with Gasteiger partial charge in [-0.3, -0.25) is 0 Å². The molecule has 19 heavy (non-hydrogen) atoms. The van der Waals surface area contributed by atoms with Crippen LogP contribution >= 0.6 is 0 Å². The molecule has 1 heterocycles. The number of aldehydes is 1. The fourth-order valence-corrected chi connectivity index (χ4v) is 2.75. The second-order valence-electron chi connectivity index (χ2n) is 4.86. The second-order valence-corrected chi connectivity index (χ2v) is 4.86. The average molecular weight is 265 g/mol. The Bertz CT molecular complexity index is 503. The van der Waals surface area contributed by atoms with Gasteiger partial charge in [0.2, 0.25) is 0 Å². The summed E-state index contributed by atoms with van der Waals surface area (Å²) in [7, 11) is 0. The molecule has 0 bridgehead atoms. The Morgan fingerprint density at radius 2 is 2.26 bits per heavy atom. The number of carbonyl (C=O) groups excluding carboxylic acids is 1. The number of halogens is 1. The first-order valence-electron chi connectivity index (χ1n) is 6.25. The van der Waals surface area contributed by atoms with Crippen LogP contribution in [0, 0.1) is 18.7 Å². The number of nitrogens with zero attached hydrogens (tertiary/aromatic N) is 1. The van der Waals surface area contributed by atoms with Crippen LogP contribution in [0.15, 0.2) is 18.2 Å². The molecule has 1 aliphatic rings. The van der Waals surface area contributed by atoms with E-state index in [2.05, 4.69) is 0 Å². The third-order valence-corrected chi connectivity index (χ3v) is 3.65. The molecule has 0 aromatic heterocycles. The number of carboxylic acid groups (broad SMARTS) is 1. The zero-order valence-corrected chi connectivity index (χ0v) is 10.7. The largest absolute Gasteiger partial charge is 0.465 e. The highest BCUT2D eigenvalue weighted by Gasteiger charge is 2.36. The minimum Gasteiger partial charge on any atom is -0.465 e. The van der Waals surface area contributed by atoms with Crippen LogP contribution in [0.1, 0.15) is 30.0 Å². The molecule has 1 aliphatic heterocycles. The Morgan fingerprint density at radius 3 is 2.84 bits per heavy atom. The van der Waals surface area contributed by atoms with Gasteiger partial charge in [-0.1, -0.05) is 6.07 Å². The van der Waals surface area contributed by atoms with Gasteiger partial charge in [-0.25, -0.2) is 9.18 Å². The van der Waals surface area contributed by atoms with Crippen molar-refractivity contribution in [3.05, 3.63) is 35.1 Å². The van der Waals surface area contributed by atoms with Crippen molar-refractivity contribution in [1.82, 2.24) is 4.90 Å². The molecule has 0 radical (unpaired) electrons. The maximum atomic E-state index is 13.1. The van der Waals surface area contributed by atoms with Crippen molar-refractivity contribution in [2.75, 3.05) is 6.54 Å². The molecule has 1 aromatic rings. The number of rotatable bonds is 2. The molecule has 2 rings (SSSR count). The molecule has 0 saturated carbocycles. The zero-order chi connectivity index (χ0) is 14.0. The van der Waals surface area contributed by atoms with Crippen molar-refractivity contribution >= 4 is 12.4 Å². The molecule has 2 atom stereocenters. The summed E-state index contributed by atoms with van der Waals surface area (Å²) in [6.45, 7) is 2.13. The van der Waals surface area contributed by atoms with Crippen molar-refractivity contribution < 1.29 is 19.1 Å². The van der Waals surface area contributed by atoms with Crippen LogP contribution < -0.4 is 0 Å². The minimum absolute atomic E-state index is 0.360. The predicted octanol–water partition coefficient (Wildman–Crippen LogP) is 2.76. The van der Waals surface area contributed by atoms with Crippen LogP contribution in [-0.2, 0) is 4.79 Å². The molecule has 1 N–H and O–H groups in total. The molecule has 0 spiro atoms. The third-order valence-electron chi connectivity index (χ3n) is 3.65. The quantitative estimate of drug-likeness (QED) is 0.836. The van der Waals surface area contributed by atoms with Crippen molar-refractivity contribution in [3.8, 4) is 0 Å². The molecule has 1 amide bonds. The highest BCUT2D eigenvalue weighted by atomic mass is 19.1. The van der Waals surface area contributed by atoms with Gasteiger partial charge < -0.3 is 14.8 Å². The number of piperidine rings is 1. The Hall–Kier alpha value is -1.91. The van der Waals surface area contributed by atoms with Crippen molar-refractivity contribution in [2.45, 2.75) is 25.8 Å². The molecule has 5 heteroatoms. The molecular weight excluding hydrogens is 249 g/mol. The van der Waals surface area contributed by atoms with Gasteiger partial charge in [0.05, 0.1) is 6.04 Å². The van der Waals surface area contributed by atoms with Gasteiger partial charge in [-0.15, -0.1) is 0 Å². The van der Waals surface area contributed by atoms with E-state index in [0.717, 1.165) is 6.29 Å². The molecule has 1 saturated heterocycles. The second kappa shape index (κ2) is 5.38. The van der Waals surface area contributed by atoms with E-state index < -0.39 is 12.1 Å². The van der Waals surface area contributed by atoms with E-state index in [0.29, 0.717) is 30.5 Å². The van der Waals surface area contributed by atoms with Crippen molar-refractivity contribution in [1.29, 1.82) is 0 Å². The lowest BCUT2D eigenvalue weighted by atomic mass is 9.84. The molecule has 0 aliphatic carbocycles. The van der Waals surface area contributed by atoms with Gasteiger partial charge >= 0.3 is 6.09 Å². The van der Waals surface area contributed by atoms with Gasteiger partial charge in [0, 0.05) is 12.5 Å². The van der Waals surface area contributed by atoms with Gasteiger partial charge in [0.1, 0.15) is 12.1 Å². The summed E-state index contributed by atoms with van der Waals surface area (Å²) in [5, 5.41) is 9.26. The lowest BCUT2D eigenvalue weighted by Gasteiger charge is -2.38. The molecule has 1 fully saturated rings. The topological polar surface area (TPSA) is 57.6 Å². The van der Waals surface area contributed by atoms with Crippen molar-refractivity contribution in [3.63, 3.8) is 0 Å². The van der Waals surface area contributed by atoms with E-state index in [1.807, 2.05) is 0 Å². The lowest BCUT2D eigenvalue weighted by molar-refractivity contribution is -0.114. The van der Waals surface area contributed by atoms with Crippen LogP contribution in [0.4, 0.5) is 9.18 Å². The molecule has 1 aromatic carbocycles. The smallest absolute Gasteiger partial charge is 0.407 e. The first-order valence-corrected chi connectivity index (χ1v) is 6.25. The Balaban J connectivity index is 2.45. The summed E-state index contributed by atoms with van der Waals surface area (Å²) < 4.78 is 13.1. The van der Waals surface area contributed by atoms with E-state index in [-0.39, 0.29) is 11.7 Å². The predicted molar refractivity (Wildman–Crippen MR) is 67.4 cm³/mol. The standard InChI is InChI=1S/C14H16FNO3/c1-9-7-11(15)4-5-12(9)13-10(8-17)3-2-6-16(13)14(18)19/h4-5,7-8,10,13H,2-3,6H2,1H3,(H,18,19)/t10-,13+/m0/s1. The fourth-order valence-electron chi connectivity index (χ4n) is 2.75. The third kappa shape index (κ3) is 2.59. The fraction of sp³-hybridized carbons (Fsp3) is 0.429. The van der Waals surface area contributed by atoms with Crippen LogP contribution in [0.25, 0.3) is 0 Å². The normalized spacial score (nSPS) is 23.2. The van der Waals surface area contributed by atoms with E-state index in [1.54, 1.807) is 13.0 Å². The van der Waals surface area contributed by atoms with Crippen molar-refractivity contribution in [2.24, 2.45) is 5.92 Å². The Morgan fingerprint density at radius 1 is 1.53 bits per heavy atom. The first-order chi connectivity index (χ1) is 9.04. The van der Waals surface area contributed by atoms with E-state index in [9.17, 15) is 19.1 Å². The lowest BCUT2D eigenvalue weighted by Crippen LogP contribution is -2.42. The Labute approximate surface area is 110 Å². The SMILES string of the molecule is Cc1cc(F)ccc1[C@H]1[C@H](C=O)CCCN1C(=O)O. The van der Waals surface area contributed by atoms with Crippen LogP contribution in [0.2, 0.25) is 0 Å². The maximum Gasteiger partial charge on any atom is 0.407 e. The number of likely N-dealkylation sites (tertiary alicyclic amines) is 1. The summed E-state index contributed by atoms with van der Waals surface area (Å²) in [5.41, 5.74) is 1.38. The van der Waals surface area contributed by atoms with Crippen LogP contribution in [0.3, 0.4) is 0 Å². The molecule has 102 valence electrons. The Kier molecular flexibility index (Phi) is 3.83. The highest BCUT2D eigenvalue weighted by molar-refractivity contribution is 5.68. The van der Waals surface area contributed by atoms with Crippen LogP contribution in [-0.4, -0.2) is 28.9 Å². The maximum absolute atomic E-state index is 13.1. The minimum atomic E-state index is -1.04. The molecular formula is C14H16FNO3. The van der Waals surface area contributed by atoms with Gasteiger partial charge in [-0.05, 0) is 43.0 Å². The molecule has 4 nitrogen and oxygen atoms in total. The van der Waals surface area contributed by atoms with Gasteiger partial charge in [-0.2, -0.15) is 0 Å². The van der Waals surface area contributed by atoms with Gasteiger partial charge in [0.25, 0.3) is 0 Å². The van der Waals surface area contributed by atoms with E-state index in [1.165, 1.54) is 17.0 Å².